The first kappa shape index (κ1) is 11.5. The highest BCUT2D eigenvalue weighted by Gasteiger charge is 2.32. The third kappa shape index (κ3) is 2.78. The third-order valence-corrected chi connectivity index (χ3v) is 2.55. The van der Waals surface area contributed by atoms with E-state index in [4.69, 9.17) is 9.63 Å². The Balaban J connectivity index is 2.06. The molecule has 1 amide bonds. The van der Waals surface area contributed by atoms with Crippen molar-refractivity contribution in [3.63, 3.8) is 0 Å². The predicted octanol–water partition coefficient (Wildman–Crippen LogP) is -1.16. The lowest BCUT2D eigenvalue weighted by atomic mass is 10.1. The van der Waals surface area contributed by atoms with E-state index in [1.807, 2.05) is 0 Å². The Kier molecular flexibility index (Phi) is 3.33. The van der Waals surface area contributed by atoms with Crippen molar-refractivity contribution in [1.82, 2.24) is 20.4 Å². The van der Waals surface area contributed by atoms with Crippen LogP contribution in [0.2, 0.25) is 0 Å². The van der Waals surface area contributed by atoms with Gasteiger partial charge in [0.25, 0.3) is 0 Å². The summed E-state index contributed by atoms with van der Waals surface area (Å²) in [6.45, 7) is 1.33. The maximum atomic E-state index is 11.6. The van der Waals surface area contributed by atoms with E-state index in [1.54, 1.807) is 4.90 Å². The van der Waals surface area contributed by atoms with Gasteiger partial charge in [0.2, 0.25) is 11.8 Å². The number of nitrogens with zero attached hydrogens (tertiary/aromatic N) is 3. The van der Waals surface area contributed by atoms with Crippen LogP contribution < -0.4 is 5.32 Å². The molecule has 2 rings (SSSR count). The highest BCUT2D eigenvalue weighted by molar-refractivity contribution is 5.86. The fourth-order valence-corrected chi connectivity index (χ4v) is 1.78. The number of carbonyl (C=O) groups excluding carboxylic acids is 1. The number of carbonyl (C=O) groups is 2. The topological polar surface area (TPSA) is 109 Å². The molecule has 1 aromatic rings. The SMILES string of the molecule is O=C(O)CC1C(=O)NCCN1Cc1ncno1. The molecule has 1 aliphatic heterocycles. The molecule has 92 valence electrons. The van der Waals surface area contributed by atoms with Crippen molar-refractivity contribution in [2.75, 3.05) is 13.1 Å². The lowest BCUT2D eigenvalue weighted by Crippen LogP contribution is -2.55. The molecular formula is C9H12N4O4. The molecule has 8 nitrogen and oxygen atoms in total. The number of hydrogen-bond acceptors (Lipinski definition) is 6. The van der Waals surface area contributed by atoms with E-state index in [9.17, 15) is 9.59 Å². The summed E-state index contributed by atoms with van der Waals surface area (Å²) in [5, 5.41) is 14.9. The summed E-state index contributed by atoms with van der Waals surface area (Å²) in [5.74, 6) is -0.921. The molecule has 8 heteroatoms. The molecule has 2 N–H and O–H groups in total. The Bertz CT molecular complexity index is 405. The average Bonchev–Trinajstić information content (AvgIpc) is 2.75. The van der Waals surface area contributed by atoms with Crippen LogP contribution in [-0.2, 0) is 16.1 Å². The Morgan fingerprint density at radius 1 is 1.71 bits per heavy atom. The van der Waals surface area contributed by atoms with Gasteiger partial charge in [-0.25, -0.2) is 0 Å². The number of amides is 1. The van der Waals surface area contributed by atoms with E-state index in [1.165, 1.54) is 6.33 Å². The molecule has 1 atom stereocenters. The summed E-state index contributed by atoms with van der Waals surface area (Å²) in [6, 6.07) is -0.687. The van der Waals surface area contributed by atoms with Crippen LogP contribution in [0.1, 0.15) is 12.3 Å². The van der Waals surface area contributed by atoms with E-state index in [-0.39, 0.29) is 18.9 Å². The van der Waals surface area contributed by atoms with Crippen LogP contribution >= 0.6 is 0 Å². The van der Waals surface area contributed by atoms with Gasteiger partial charge in [0.1, 0.15) is 6.04 Å². The fourth-order valence-electron chi connectivity index (χ4n) is 1.78. The second-order valence-electron chi connectivity index (χ2n) is 3.71. The van der Waals surface area contributed by atoms with Crippen LogP contribution in [-0.4, -0.2) is 51.2 Å². The molecule has 0 aliphatic carbocycles. The number of aromatic nitrogens is 2. The predicted molar refractivity (Wildman–Crippen MR) is 53.8 cm³/mol. The lowest BCUT2D eigenvalue weighted by molar-refractivity contribution is -0.143. The molecule has 0 radical (unpaired) electrons. The highest BCUT2D eigenvalue weighted by Crippen LogP contribution is 2.12. The Hall–Kier alpha value is -1.96. The van der Waals surface area contributed by atoms with Gasteiger partial charge < -0.3 is 14.9 Å². The molecule has 1 aromatic heterocycles. The zero-order chi connectivity index (χ0) is 12.3. The summed E-state index contributed by atoms with van der Waals surface area (Å²) < 4.78 is 4.84. The molecule has 1 unspecified atom stereocenters. The van der Waals surface area contributed by atoms with Crippen LogP contribution in [0.3, 0.4) is 0 Å². The minimum absolute atomic E-state index is 0.236. The van der Waals surface area contributed by atoms with Crippen molar-refractivity contribution in [2.24, 2.45) is 0 Å². The second-order valence-corrected chi connectivity index (χ2v) is 3.71. The van der Waals surface area contributed by atoms with Gasteiger partial charge in [0.15, 0.2) is 6.33 Å². The van der Waals surface area contributed by atoms with E-state index >= 15 is 0 Å². The van der Waals surface area contributed by atoms with Crippen molar-refractivity contribution in [1.29, 1.82) is 0 Å². The maximum absolute atomic E-state index is 11.6. The van der Waals surface area contributed by atoms with Crippen LogP contribution in [0.5, 0.6) is 0 Å². The van der Waals surface area contributed by atoms with Gasteiger partial charge in [-0.1, -0.05) is 5.16 Å². The molecule has 1 aliphatic rings. The minimum atomic E-state index is -1.01. The number of rotatable bonds is 4. The number of carboxylic acid groups (broad SMARTS) is 1. The summed E-state index contributed by atoms with van der Waals surface area (Å²) in [6.07, 6.45) is 1.03. The van der Waals surface area contributed by atoms with Crippen LogP contribution in [0, 0.1) is 0 Å². The summed E-state index contributed by atoms with van der Waals surface area (Å²) in [5.41, 5.74) is 0. The van der Waals surface area contributed by atoms with Gasteiger partial charge in [-0.3, -0.25) is 14.5 Å². The monoisotopic (exact) mass is 240 g/mol. The number of piperazine rings is 1. The molecule has 0 saturated carbocycles. The Labute approximate surface area is 96.6 Å². The van der Waals surface area contributed by atoms with E-state index in [2.05, 4.69) is 15.5 Å². The van der Waals surface area contributed by atoms with Crippen molar-refractivity contribution >= 4 is 11.9 Å². The standard InChI is InChI=1S/C9H12N4O4/c14-8(15)3-6-9(16)10-1-2-13(6)4-7-11-5-12-17-7/h5-6H,1-4H2,(H,10,16)(H,14,15). The quantitative estimate of drug-likeness (QED) is 0.683. The number of nitrogens with one attached hydrogen (secondary N) is 1. The molecule has 1 fully saturated rings. The summed E-state index contributed by atoms with van der Waals surface area (Å²) in [4.78, 5) is 27.9. The first-order chi connectivity index (χ1) is 8.16. The third-order valence-electron chi connectivity index (χ3n) is 2.55. The zero-order valence-corrected chi connectivity index (χ0v) is 9.00. The normalized spacial score (nSPS) is 21.2. The molecule has 0 bridgehead atoms. The molecule has 17 heavy (non-hydrogen) atoms. The van der Waals surface area contributed by atoms with Crippen molar-refractivity contribution in [3.05, 3.63) is 12.2 Å². The first-order valence-electron chi connectivity index (χ1n) is 5.16. The number of hydrogen-bond donors (Lipinski definition) is 2. The zero-order valence-electron chi connectivity index (χ0n) is 9.00. The van der Waals surface area contributed by atoms with Crippen molar-refractivity contribution < 1.29 is 19.2 Å². The van der Waals surface area contributed by atoms with Gasteiger partial charge in [-0.05, 0) is 0 Å². The minimum Gasteiger partial charge on any atom is -0.481 e. The van der Waals surface area contributed by atoms with Crippen LogP contribution in [0.25, 0.3) is 0 Å². The molecule has 2 heterocycles. The van der Waals surface area contributed by atoms with Gasteiger partial charge >= 0.3 is 5.97 Å². The fraction of sp³-hybridized carbons (Fsp3) is 0.556. The van der Waals surface area contributed by atoms with Gasteiger partial charge in [0, 0.05) is 13.1 Å². The number of carboxylic acids is 1. The molecule has 1 saturated heterocycles. The van der Waals surface area contributed by atoms with E-state index in [0.29, 0.717) is 19.0 Å². The van der Waals surface area contributed by atoms with Crippen molar-refractivity contribution in [3.8, 4) is 0 Å². The van der Waals surface area contributed by atoms with Gasteiger partial charge in [0.05, 0.1) is 13.0 Å². The Morgan fingerprint density at radius 3 is 3.18 bits per heavy atom. The van der Waals surface area contributed by atoms with Gasteiger partial charge in [-0.15, -0.1) is 0 Å². The highest BCUT2D eigenvalue weighted by atomic mass is 16.5. The van der Waals surface area contributed by atoms with Crippen LogP contribution in [0.15, 0.2) is 10.9 Å². The average molecular weight is 240 g/mol. The van der Waals surface area contributed by atoms with Crippen LogP contribution in [0.4, 0.5) is 0 Å². The van der Waals surface area contributed by atoms with E-state index in [0.717, 1.165) is 0 Å². The molecule has 0 aromatic carbocycles. The van der Waals surface area contributed by atoms with E-state index < -0.39 is 12.0 Å². The summed E-state index contributed by atoms with van der Waals surface area (Å²) >= 11 is 0. The number of aliphatic carboxylic acids is 1. The molecular weight excluding hydrogens is 228 g/mol. The van der Waals surface area contributed by atoms with Crippen molar-refractivity contribution in [2.45, 2.75) is 19.0 Å². The molecule has 0 spiro atoms. The smallest absolute Gasteiger partial charge is 0.305 e. The summed E-state index contributed by atoms with van der Waals surface area (Å²) in [7, 11) is 0. The maximum Gasteiger partial charge on any atom is 0.305 e. The Morgan fingerprint density at radius 2 is 2.53 bits per heavy atom. The largest absolute Gasteiger partial charge is 0.481 e. The second kappa shape index (κ2) is 4.91. The lowest BCUT2D eigenvalue weighted by Gasteiger charge is -2.32. The first-order valence-corrected chi connectivity index (χ1v) is 5.16. The van der Waals surface area contributed by atoms with Gasteiger partial charge in [-0.2, -0.15) is 4.98 Å².